The van der Waals surface area contributed by atoms with Crippen LogP contribution in [0.1, 0.15) is 12.5 Å². The first-order chi connectivity index (χ1) is 10.0. The molecule has 6 heteroatoms. The molecule has 1 aromatic carbocycles. The lowest BCUT2D eigenvalue weighted by Gasteiger charge is -2.14. The Bertz CT molecular complexity index is 476. The number of anilines is 1. The molecule has 0 aliphatic heterocycles. The Morgan fingerprint density at radius 2 is 1.95 bits per heavy atom. The van der Waals surface area contributed by atoms with Gasteiger partial charge in [0.05, 0.1) is 6.54 Å². The Morgan fingerprint density at radius 1 is 1.24 bits per heavy atom. The van der Waals surface area contributed by atoms with E-state index < -0.39 is 0 Å². The van der Waals surface area contributed by atoms with Crippen molar-refractivity contribution in [3.8, 4) is 0 Å². The summed E-state index contributed by atoms with van der Waals surface area (Å²) >= 11 is 5.12. The minimum absolute atomic E-state index is 0.104. The van der Waals surface area contributed by atoms with Crippen LogP contribution in [0.25, 0.3) is 0 Å². The highest BCUT2D eigenvalue weighted by Gasteiger charge is 2.06. The van der Waals surface area contributed by atoms with E-state index in [0.29, 0.717) is 5.11 Å². The molecule has 0 saturated carbocycles. The average Bonchev–Trinajstić information content (AvgIpc) is 2.45. The van der Waals surface area contributed by atoms with Crippen LogP contribution in [-0.2, 0) is 11.2 Å². The highest BCUT2D eigenvalue weighted by molar-refractivity contribution is 7.80. The predicted molar refractivity (Wildman–Crippen MR) is 91.6 cm³/mol. The molecule has 0 radical (unpaired) electrons. The Kier molecular flexibility index (Phi) is 7.71. The second-order valence-corrected chi connectivity index (χ2v) is 5.38. The van der Waals surface area contributed by atoms with Crippen molar-refractivity contribution >= 4 is 28.9 Å². The first-order valence-electron chi connectivity index (χ1n) is 7.07. The predicted octanol–water partition coefficient (Wildman–Crippen LogP) is 1.21. The van der Waals surface area contributed by atoms with Gasteiger partial charge in [0.25, 0.3) is 0 Å². The topological polar surface area (TPSA) is 56.4 Å². The number of amides is 1. The van der Waals surface area contributed by atoms with Crippen LogP contribution in [0.4, 0.5) is 5.69 Å². The summed E-state index contributed by atoms with van der Waals surface area (Å²) < 4.78 is 0. The summed E-state index contributed by atoms with van der Waals surface area (Å²) in [6, 6.07) is 7.80. The molecule has 0 saturated heterocycles. The van der Waals surface area contributed by atoms with Crippen molar-refractivity contribution in [2.45, 2.75) is 13.3 Å². The fourth-order valence-corrected chi connectivity index (χ4v) is 1.94. The van der Waals surface area contributed by atoms with Crippen molar-refractivity contribution in [3.05, 3.63) is 29.8 Å². The summed E-state index contributed by atoms with van der Waals surface area (Å²) in [6.07, 6.45) is 0.883. The normalized spacial score (nSPS) is 10.3. The molecule has 0 aliphatic rings. The maximum Gasteiger partial charge on any atom is 0.243 e. The molecule has 0 fully saturated rings. The molecule has 1 amide bonds. The number of hydrogen-bond acceptors (Lipinski definition) is 3. The van der Waals surface area contributed by atoms with E-state index >= 15 is 0 Å². The largest absolute Gasteiger partial charge is 0.361 e. The van der Waals surface area contributed by atoms with Crippen LogP contribution in [-0.4, -0.2) is 49.6 Å². The van der Waals surface area contributed by atoms with Crippen molar-refractivity contribution in [2.24, 2.45) is 0 Å². The summed E-state index contributed by atoms with van der Waals surface area (Å²) in [4.78, 5) is 14.0. The molecular weight excluding hydrogens is 284 g/mol. The summed E-state index contributed by atoms with van der Waals surface area (Å²) in [7, 11) is 3.99. The van der Waals surface area contributed by atoms with Crippen molar-refractivity contribution in [2.75, 3.05) is 39.0 Å². The SMILES string of the molecule is CCc1ccccc1NC(=O)CNC(=S)NCCN(C)C. The smallest absolute Gasteiger partial charge is 0.243 e. The lowest BCUT2D eigenvalue weighted by molar-refractivity contribution is -0.115. The lowest BCUT2D eigenvalue weighted by Crippen LogP contribution is -2.42. The number of nitrogens with zero attached hydrogens (tertiary/aromatic N) is 1. The van der Waals surface area contributed by atoms with Gasteiger partial charge >= 0.3 is 0 Å². The highest BCUT2D eigenvalue weighted by Crippen LogP contribution is 2.14. The summed E-state index contributed by atoms with van der Waals surface area (Å²) in [5.74, 6) is -0.104. The third-order valence-corrected chi connectivity index (χ3v) is 3.22. The number of carbonyl (C=O) groups excluding carboxylic acids is 1. The van der Waals surface area contributed by atoms with Gasteiger partial charge in [-0.05, 0) is 44.4 Å². The summed E-state index contributed by atoms with van der Waals surface area (Å²) in [6.45, 7) is 3.86. The number of likely N-dealkylation sites (N-methyl/N-ethyl adjacent to an activating group) is 1. The van der Waals surface area contributed by atoms with Crippen molar-refractivity contribution in [1.29, 1.82) is 0 Å². The van der Waals surface area contributed by atoms with Gasteiger partial charge in [0.15, 0.2) is 5.11 Å². The van der Waals surface area contributed by atoms with Crippen molar-refractivity contribution < 1.29 is 4.79 Å². The molecule has 0 bridgehead atoms. The second kappa shape index (κ2) is 9.31. The minimum atomic E-state index is -0.104. The van der Waals surface area contributed by atoms with Crippen molar-refractivity contribution in [3.63, 3.8) is 0 Å². The number of nitrogens with one attached hydrogen (secondary N) is 3. The van der Waals surface area contributed by atoms with Crippen LogP contribution in [0.15, 0.2) is 24.3 Å². The van der Waals surface area contributed by atoms with Gasteiger partial charge in [-0.2, -0.15) is 0 Å². The zero-order chi connectivity index (χ0) is 15.7. The molecule has 5 nitrogen and oxygen atoms in total. The van der Waals surface area contributed by atoms with Crippen LogP contribution in [0, 0.1) is 0 Å². The highest BCUT2D eigenvalue weighted by atomic mass is 32.1. The average molecular weight is 308 g/mol. The van der Waals surface area contributed by atoms with Crippen LogP contribution >= 0.6 is 12.2 Å². The standard InChI is InChI=1S/C15H24N4OS/c1-4-12-7-5-6-8-13(12)18-14(20)11-17-15(21)16-9-10-19(2)3/h5-8H,4,9-11H2,1-3H3,(H,18,20)(H2,16,17,21). The monoisotopic (exact) mass is 308 g/mol. The van der Waals surface area contributed by atoms with E-state index in [9.17, 15) is 4.79 Å². The van der Waals surface area contributed by atoms with E-state index in [1.807, 2.05) is 38.4 Å². The van der Waals surface area contributed by atoms with E-state index in [0.717, 1.165) is 30.8 Å². The van der Waals surface area contributed by atoms with Crippen LogP contribution in [0.3, 0.4) is 0 Å². The number of rotatable bonds is 7. The fraction of sp³-hybridized carbons (Fsp3) is 0.467. The Balaban J connectivity index is 2.32. The quantitative estimate of drug-likeness (QED) is 0.661. The molecule has 116 valence electrons. The third kappa shape index (κ3) is 7.06. The van der Waals surface area contributed by atoms with Crippen molar-refractivity contribution in [1.82, 2.24) is 15.5 Å². The number of hydrogen-bond donors (Lipinski definition) is 3. The van der Waals surface area contributed by atoms with Crippen LogP contribution < -0.4 is 16.0 Å². The first kappa shape index (κ1) is 17.4. The number of benzene rings is 1. The lowest BCUT2D eigenvalue weighted by atomic mass is 10.1. The molecule has 1 rings (SSSR count). The van der Waals surface area contributed by atoms with Gasteiger partial charge in [0, 0.05) is 18.8 Å². The molecule has 1 aromatic rings. The van der Waals surface area contributed by atoms with Gasteiger partial charge in [0.2, 0.25) is 5.91 Å². The Hall–Kier alpha value is -1.66. The minimum Gasteiger partial charge on any atom is -0.361 e. The van der Waals surface area contributed by atoms with Gasteiger partial charge in [-0.1, -0.05) is 25.1 Å². The molecule has 0 aliphatic carbocycles. The van der Waals surface area contributed by atoms with E-state index in [1.54, 1.807) is 0 Å². The number of carbonyl (C=O) groups is 1. The molecular formula is C15H24N4OS. The summed E-state index contributed by atoms with van der Waals surface area (Å²) in [5, 5.41) is 9.35. The van der Waals surface area contributed by atoms with Crippen LogP contribution in [0.2, 0.25) is 0 Å². The molecule has 0 heterocycles. The molecule has 3 N–H and O–H groups in total. The number of para-hydroxylation sites is 1. The third-order valence-electron chi connectivity index (χ3n) is 2.93. The zero-order valence-corrected chi connectivity index (χ0v) is 13.7. The van der Waals surface area contributed by atoms with E-state index in [-0.39, 0.29) is 12.5 Å². The van der Waals surface area contributed by atoms with Gasteiger partial charge in [-0.25, -0.2) is 0 Å². The molecule has 0 aromatic heterocycles. The van der Waals surface area contributed by atoms with E-state index in [1.165, 1.54) is 0 Å². The van der Waals surface area contributed by atoms with E-state index in [4.69, 9.17) is 12.2 Å². The fourth-order valence-electron chi connectivity index (χ4n) is 1.76. The number of aryl methyl sites for hydroxylation is 1. The molecule has 0 unspecified atom stereocenters. The molecule has 21 heavy (non-hydrogen) atoms. The second-order valence-electron chi connectivity index (χ2n) is 4.97. The summed E-state index contributed by atoms with van der Waals surface area (Å²) in [5.41, 5.74) is 1.98. The van der Waals surface area contributed by atoms with Gasteiger partial charge in [-0.15, -0.1) is 0 Å². The van der Waals surface area contributed by atoms with Gasteiger partial charge in [0.1, 0.15) is 0 Å². The molecule has 0 atom stereocenters. The Labute approximate surface area is 132 Å². The van der Waals surface area contributed by atoms with E-state index in [2.05, 4.69) is 27.8 Å². The van der Waals surface area contributed by atoms with Gasteiger partial charge in [-0.3, -0.25) is 4.79 Å². The van der Waals surface area contributed by atoms with Crippen LogP contribution in [0.5, 0.6) is 0 Å². The zero-order valence-electron chi connectivity index (χ0n) is 12.9. The Morgan fingerprint density at radius 3 is 2.62 bits per heavy atom. The maximum absolute atomic E-state index is 11.9. The van der Waals surface area contributed by atoms with Gasteiger partial charge < -0.3 is 20.9 Å². The molecule has 0 spiro atoms. The maximum atomic E-state index is 11.9. The number of thiocarbonyl (C=S) groups is 1. The first-order valence-corrected chi connectivity index (χ1v) is 7.48.